The summed E-state index contributed by atoms with van der Waals surface area (Å²) in [5.41, 5.74) is 0.421. The van der Waals surface area contributed by atoms with Gasteiger partial charge in [-0.3, -0.25) is 0 Å². The molecule has 0 bridgehead atoms. The average Bonchev–Trinajstić information content (AvgIpc) is 2.59. The second kappa shape index (κ2) is 6.72. The largest absolute Gasteiger partial charge is 0.384 e. The molecule has 2 saturated heterocycles. The fourth-order valence-electron chi connectivity index (χ4n) is 3.38. The van der Waals surface area contributed by atoms with Crippen molar-refractivity contribution in [2.24, 2.45) is 5.41 Å². The van der Waals surface area contributed by atoms with Crippen LogP contribution in [-0.4, -0.2) is 51.3 Å². The smallest absolute Gasteiger partial charge is 0.0531 e. The highest BCUT2D eigenvalue weighted by Gasteiger charge is 2.33. The molecular weight excluding hydrogens is 212 g/mol. The van der Waals surface area contributed by atoms with Gasteiger partial charge in [-0.25, -0.2) is 0 Å². The number of piperidine rings is 1. The monoisotopic (exact) mass is 240 g/mol. The summed E-state index contributed by atoms with van der Waals surface area (Å²) in [6.45, 7) is 7.12. The summed E-state index contributed by atoms with van der Waals surface area (Å²) < 4.78 is 5.50. The summed E-state index contributed by atoms with van der Waals surface area (Å²) in [5.74, 6) is 0. The summed E-state index contributed by atoms with van der Waals surface area (Å²) in [7, 11) is 1.85. The lowest BCUT2D eigenvalue weighted by atomic mass is 9.79. The molecule has 0 spiro atoms. The minimum Gasteiger partial charge on any atom is -0.384 e. The Bertz CT molecular complexity index is 201. The third-order valence-electron chi connectivity index (χ3n) is 4.37. The fraction of sp³-hybridized carbons (Fsp3) is 1.00. The van der Waals surface area contributed by atoms with E-state index in [0.29, 0.717) is 5.41 Å². The minimum absolute atomic E-state index is 0.421. The molecule has 0 aromatic heterocycles. The Morgan fingerprint density at radius 2 is 1.71 bits per heavy atom. The van der Waals surface area contributed by atoms with E-state index in [4.69, 9.17) is 4.74 Å². The summed E-state index contributed by atoms with van der Waals surface area (Å²) >= 11 is 0. The molecule has 0 unspecified atom stereocenters. The van der Waals surface area contributed by atoms with Gasteiger partial charge < -0.3 is 15.0 Å². The van der Waals surface area contributed by atoms with Gasteiger partial charge in [0.25, 0.3) is 0 Å². The van der Waals surface area contributed by atoms with Crippen molar-refractivity contribution >= 4 is 0 Å². The lowest BCUT2D eigenvalue weighted by Crippen LogP contribution is -2.47. The Hall–Kier alpha value is -0.120. The summed E-state index contributed by atoms with van der Waals surface area (Å²) in [6.07, 6.45) is 8.18. The Balaban J connectivity index is 1.90. The van der Waals surface area contributed by atoms with Crippen LogP contribution in [0.2, 0.25) is 0 Å². The van der Waals surface area contributed by atoms with Crippen molar-refractivity contribution in [3.05, 3.63) is 0 Å². The van der Waals surface area contributed by atoms with E-state index in [1.807, 2.05) is 7.11 Å². The van der Waals surface area contributed by atoms with Gasteiger partial charge in [-0.1, -0.05) is 12.8 Å². The normalized spacial score (nSPS) is 26.6. The zero-order valence-electron chi connectivity index (χ0n) is 11.3. The number of rotatable bonds is 4. The second-order valence-electron chi connectivity index (χ2n) is 5.87. The van der Waals surface area contributed by atoms with Crippen LogP contribution < -0.4 is 5.32 Å². The van der Waals surface area contributed by atoms with Gasteiger partial charge in [0, 0.05) is 19.1 Å². The maximum Gasteiger partial charge on any atom is 0.0531 e. The van der Waals surface area contributed by atoms with E-state index in [2.05, 4.69) is 10.2 Å². The molecule has 2 aliphatic rings. The lowest BCUT2D eigenvalue weighted by Gasteiger charge is -2.40. The number of ether oxygens (including phenoxy) is 1. The van der Waals surface area contributed by atoms with E-state index < -0.39 is 0 Å². The van der Waals surface area contributed by atoms with E-state index in [1.54, 1.807) is 0 Å². The molecule has 3 heteroatoms. The van der Waals surface area contributed by atoms with Crippen LogP contribution in [0.3, 0.4) is 0 Å². The summed E-state index contributed by atoms with van der Waals surface area (Å²) in [5, 5.41) is 3.47. The summed E-state index contributed by atoms with van der Waals surface area (Å²) in [6, 6.07) is 0. The molecular formula is C14H28N2O. The van der Waals surface area contributed by atoms with Gasteiger partial charge >= 0.3 is 0 Å². The molecule has 17 heavy (non-hydrogen) atoms. The van der Waals surface area contributed by atoms with Crippen LogP contribution in [0.5, 0.6) is 0 Å². The molecule has 0 aromatic rings. The maximum atomic E-state index is 5.50. The molecule has 2 fully saturated rings. The lowest BCUT2D eigenvalue weighted by molar-refractivity contribution is 0.0232. The van der Waals surface area contributed by atoms with Crippen LogP contribution in [-0.2, 0) is 4.74 Å². The maximum absolute atomic E-state index is 5.50. The average molecular weight is 240 g/mol. The first-order chi connectivity index (χ1) is 8.35. The van der Waals surface area contributed by atoms with Crippen molar-refractivity contribution in [2.45, 2.75) is 38.5 Å². The minimum atomic E-state index is 0.421. The predicted molar refractivity (Wildman–Crippen MR) is 71.3 cm³/mol. The van der Waals surface area contributed by atoms with Gasteiger partial charge in [0.15, 0.2) is 0 Å². The van der Waals surface area contributed by atoms with Crippen LogP contribution in [0.4, 0.5) is 0 Å². The first kappa shape index (κ1) is 13.3. The van der Waals surface area contributed by atoms with Crippen molar-refractivity contribution in [1.82, 2.24) is 10.2 Å². The summed E-state index contributed by atoms with van der Waals surface area (Å²) in [4.78, 5) is 2.69. The number of likely N-dealkylation sites (tertiary alicyclic amines) is 1. The van der Waals surface area contributed by atoms with Crippen molar-refractivity contribution in [1.29, 1.82) is 0 Å². The van der Waals surface area contributed by atoms with Crippen LogP contribution in [0.15, 0.2) is 0 Å². The molecule has 1 N–H and O–H groups in total. The highest BCUT2D eigenvalue weighted by Crippen LogP contribution is 2.31. The molecule has 2 aliphatic heterocycles. The van der Waals surface area contributed by atoms with E-state index in [9.17, 15) is 0 Å². The van der Waals surface area contributed by atoms with Gasteiger partial charge in [-0.05, 0) is 51.9 Å². The highest BCUT2D eigenvalue weighted by molar-refractivity contribution is 4.87. The fourth-order valence-corrected chi connectivity index (χ4v) is 3.38. The molecule has 0 aliphatic carbocycles. The molecule has 2 heterocycles. The Labute approximate surface area is 106 Å². The van der Waals surface area contributed by atoms with Crippen LogP contribution in [0.25, 0.3) is 0 Å². The zero-order chi connectivity index (χ0) is 12.0. The van der Waals surface area contributed by atoms with Crippen LogP contribution in [0.1, 0.15) is 38.5 Å². The van der Waals surface area contributed by atoms with Crippen molar-refractivity contribution in [3.8, 4) is 0 Å². The third-order valence-corrected chi connectivity index (χ3v) is 4.37. The third kappa shape index (κ3) is 3.94. The first-order valence-electron chi connectivity index (χ1n) is 7.27. The van der Waals surface area contributed by atoms with Crippen molar-refractivity contribution < 1.29 is 4.74 Å². The zero-order valence-corrected chi connectivity index (χ0v) is 11.3. The molecule has 0 saturated carbocycles. The van der Waals surface area contributed by atoms with E-state index in [-0.39, 0.29) is 0 Å². The van der Waals surface area contributed by atoms with E-state index in [0.717, 1.165) is 19.7 Å². The van der Waals surface area contributed by atoms with Gasteiger partial charge in [-0.2, -0.15) is 0 Å². The van der Waals surface area contributed by atoms with E-state index in [1.165, 1.54) is 58.2 Å². The standard InChI is InChI=1S/C14H28N2O/c1-17-13-14(6-8-15-9-7-14)12-16-10-4-2-3-5-11-16/h15H,2-13H2,1H3. The first-order valence-corrected chi connectivity index (χ1v) is 7.27. The number of nitrogens with one attached hydrogen (secondary N) is 1. The van der Waals surface area contributed by atoms with Gasteiger partial charge in [-0.15, -0.1) is 0 Å². The molecule has 100 valence electrons. The quantitative estimate of drug-likeness (QED) is 0.812. The SMILES string of the molecule is COCC1(CN2CCCCCC2)CCNCC1. The Kier molecular flexibility index (Phi) is 5.26. The molecule has 0 radical (unpaired) electrons. The predicted octanol–water partition coefficient (Wildman–Crippen LogP) is 1.88. The van der Waals surface area contributed by atoms with E-state index >= 15 is 0 Å². The van der Waals surface area contributed by atoms with Gasteiger partial charge in [0.05, 0.1) is 6.61 Å². The molecule has 0 aromatic carbocycles. The van der Waals surface area contributed by atoms with Crippen molar-refractivity contribution in [2.75, 3.05) is 46.4 Å². The molecule has 0 atom stereocenters. The molecule has 0 amide bonds. The second-order valence-corrected chi connectivity index (χ2v) is 5.87. The Morgan fingerprint density at radius 1 is 1.06 bits per heavy atom. The topological polar surface area (TPSA) is 24.5 Å². The van der Waals surface area contributed by atoms with Gasteiger partial charge in [0.1, 0.15) is 0 Å². The van der Waals surface area contributed by atoms with Crippen LogP contribution in [0, 0.1) is 5.41 Å². The van der Waals surface area contributed by atoms with Crippen molar-refractivity contribution in [3.63, 3.8) is 0 Å². The number of nitrogens with zero attached hydrogens (tertiary/aromatic N) is 1. The highest BCUT2D eigenvalue weighted by atomic mass is 16.5. The van der Waals surface area contributed by atoms with Crippen LogP contribution >= 0.6 is 0 Å². The molecule has 2 rings (SSSR count). The van der Waals surface area contributed by atoms with Gasteiger partial charge in [0.2, 0.25) is 0 Å². The number of hydrogen-bond acceptors (Lipinski definition) is 3. The number of methoxy groups -OCH3 is 1. The Morgan fingerprint density at radius 3 is 2.29 bits per heavy atom. The molecule has 3 nitrogen and oxygen atoms in total. The number of hydrogen-bond donors (Lipinski definition) is 1.